The molecule has 0 saturated heterocycles. The predicted octanol–water partition coefficient (Wildman–Crippen LogP) is 3.27. The lowest BCUT2D eigenvalue weighted by Gasteiger charge is -2.06. The van der Waals surface area contributed by atoms with E-state index in [-0.39, 0.29) is 5.82 Å². The van der Waals surface area contributed by atoms with Crippen molar-refractivity contribution in [1.29, 1.82) is 0 Å². The van der Waals surface area contributed by atoms with Crippen LogP contribution in [0.1, 0.15) is 0 Å². The lowest BCUT2D eigenvalue weighted by molar-refractivity contribution is 0.503. The molecular formula is C7H7ClFO2P. The van der Waals surface area contributed by atoms with Gasteiger partial charge in [-0.3, -0.25) is 4.57 Å². The molecule has 1 aromatic rings. The zero-order valence-electron chi connectivity index (χ0n) is 6.33. The summed E-state index contributed by atoms with van der Waals surface area (Å²) in [5, 5.41) is 0. The van der Waals surface area contributed by atoms with Crippen LogP contribution in [0.25, 0.3) is 0 Å². The Morgan fingerprint density at radius 2 is 1.92 bits per heavy atom. The first-order chi connectivity index (χ1) is 5.47. The average molecular weight is 209 g/mol. The van der Waals surface area contributed by atoms with Crippen molar-refractivity contribution >= 4 is 18.0 Å². The lowest BCUT2D eigenvalue weighted by Crippen LogP contribution is -1.84. The molecule has 66 valence electrons. The largest absolute Gasteiger partial charge is 0.433 e. The van der Waals surface area contributed by atoms with Crippen LogP contribution in [0.2, 0.25) is 0 Å². The first-order valence-corrected chi connectivity index (χ1v) is 6.17. The summed E-state index contributed by atoms with van der Waals surface area (Å²) in [6.07, 6.45) is 0. The van der Waals surface area contributed by atoms with Crippen LogP contribution in [0.5, 0.6) is 5.75 Å². The van der Waals surface area contributed by atoms with Gasteiger partial charge in [-0.15, -0.1) is 0 Å². The second-order valence-corrected chi connectivity index (χ2v) is 5.81. The van der Waals surface area contributed by atoms with E-state index in [0.29, 0.717) is 5.75 Å². The van der Waals surface area contributed by atoms with Crippen LogP contribution in [0.15, 0.2) is 24.3 Å². The molecule has 0 radical (unpaired) electrons. The van der Waals surface area contributed by atoms with Crippen molar-refractivity contribution in [3.8, 4) is 5.75 Å². The summed E-state index contributed by atoms with van der Waals surface area (Å²) in [4.78, 5) is 0. The fourth-order valence-electron chi connectivity index (χ4n) is 0.684. The fraction of sp³-hybridized carbons (Fsp3) is 0.143. The van der Waals surface area contributed by atoms with Gasteiger partial charge in [-0.05, 0) is 35.5 Å². The molecule has 0 spiro atoms. The summed E-state index contributed by atoms with van der Waals surface area (Å²) < 4.78 is 28.1. The van der Waals surface area contributed by atoms with Gasteiger partial charge in [0.25, 0.3) is 0 Å². The van der Waals surface area contributed by atoms with E-state index in [1.54, 1.807) is 0 Å². The highest BCUT2D eigenvalue weighted by atomic mass is 35.7. The minimum absolute atomic E-state index is 0.303. The first-order valence-electron chi connectivity index (χ1n) is 3.20. The van der Waals surface area contributed by atoms with E-state index in [1.165, 1.54) is 30.9 Å². The zero-order chi connectivity index (χ0) is 9.19. The number of rotatable bonds is 2. The summed E-state index contributed by atoms with van der Waals surface area (Å²) >= 11 is 5.35. The molecule has 0 fully saturated rings. The molecule has 1 atom stereocenters. The summed E-state index contributed by atoms with van der Waals surface area (Å²) in [7, 11) is 0. The molecule has 0 amide bonds. The van der Waals surface area contributed by atoms with Crippen molar-refractivity contribution in [2.45, 2.75) is 0 Å². The molecule has 0 saturated carbocycles. The van der Waals surface area contributed by atoms with E-state index < -0.39 is 6.72 Å². The second-order valence-electron chi connectivity index (χ2n) is 2.29. The first kappa shape index (κ1) is 9.56. The van der Waals surface area contributed by atoms with Crippen LogP contribution in [-0.2, 0) is 4.57 Å². The maximum absolute atomic E-state index is 12.4. The molecule has 0 aliphatic rings. The molecule has 1 unspecified atom stereocenters. The molecular weight excluding hydrogens is 201 g/mol. The van der Waals surface area contributed by atoms with E-state index in [2.05, 4.69) is 0 Å². The van der Waals surface area contributed by atoms with Gasteiger partial charge in [-0.2, -0.15) is 0 Å². The third-order valence-electron chi connectivity index (χ3n) is 1.08. The smallest absolute Gasteiger partial charge is 0.333 e. The van der Waals surface area contributed by atoms with Crippen molar-refractivity contribution in [2.75, 3.05) is 6.66 Å². The topological polar surface area (TPSA) is 26.3 Å². The average Bonchev–Trinajstić information content (AvgIpc) is 1.91. The van der Waals surface area contributed by atoms with Gasteiger partial charge in [-0.1, -0.05) is 0 Å². The van der Waals surface area contributed by atoms with E-state index in [0.717, 1.165) is 0 Å². The maximum Gasteiger partial charge on any atom is 0.333 e. The van der Waals surface area contributed by atoms with E-state index in [4.69, 9.17) is 15.8 Å². The van der Waals surface area contributed by atoms with Crippen LogP contribution in [0.3, 0.4) is 0 Å². The van der Waals surface area contributed by atoms with Crippen molar-refractivity contribution in [3.63, 3.8) is 0 Å². The molecule has 0 aliphatic carbocycles. The molecule has 0 heterocycles. The van der Waals surface area contributed by atoms with Crippen molar-refractivity contribution in [3.05, 3.63) is 30.1 Å². The van der Waals surface area contributed by atoms with E-state index >= 15 is 0 Å². The highest BCUT2D eigenvalue weighted by Gasteiger charge is 2.11. The van der Waals surface area contributed by atoms with Crippen LogP contribution in [-0.4, -0.2) is 6.66 Å². The van der Waals surface area contributed by atoms with Crippen LogP contribution >= 0.6 is 18.0 Å². The maximum atomic E-state index is 12.4. The minimum Gasteiger partial charge on any atom is -0.433 e. The standard InChI is InChI=1S/C7H7ClFO2P/c1-12(8,10)11-7-4-2-6(9)3-5-7/h2-5H,1H3. The van der Waals surface area contributed by atoms with Gasteiger partial charge in [0.15, 0.2) is 0 Å². The zero-order valence-corrected chi connectivity index (χ0v) is 7.98. The van der Waals surface area contributed by atoms with Gasteiger partial charge >= 0.3 is 6.72 Å². The SMILES string of the molecule is CP(=O)(Cl)Oc1ccc(F)cc1. The summed E-state index contributed by atoms with van der Waals surface area (Å²) in [6, 6.07) is 5.16. The van der Waals surface area contributed by atoms with Crippen molar-refractivity contribution in [2.24, 2.45) is 0 Å². The second kappa shape index (κ2) is 3.46. The minimum atomic E-state index is -3.05. The van der Waals surface area contributed by atoms with E-state index in [9.17, 15) is 8.96 Å². The highest BCUT2D eigenvalue weighted by molar-refractivity contribution is 7.85. The molecule has 0 aromatic heterocycles. The molecule has 0 N–H and O–H groups in total. The monoisotopic (exact) mass is 208 g/mol. The predicted molar refractivity (Wildman–Crippen MR) is 46.4 cm³/mol. The fourth-order valence-corrected chi connectivity index (χ4v) is 1.42. The molecule has 5 heteroatoms. The highest BCUT2D eigenvalue weighted by Crippen LogP contribution is 2.47. The van der Waals surface area contributed by atoms with Crippen molar-refractivity contribution in [1.82, 2.24) is 0 Å². The molecule has 2 nitrogen and oxygen atoms in total. The van der Waals surface area contributed by atoms with Gasteiger partial charge in [0.05, 0.1) is 0 Å². The lowest BCUT2D eigenvalue weighted by atomic mass is 10.3. The normalized spacial score (nSPS) is 15.2. The van der Waals surface area contributed by atoms with Gasteiger partial charge < -0.3 is 4.52 Å². The Balaban J connectivity index is 2.78. The Hall–Kier alpha value is -0.530. The molecule has 0 aliphatic heterocycles. The summed E-state index contributed by atoms with van der Waals surface area (Å²) in [5.74, 6) is -0.0694. The molecule has 12 heavy (non-hydrogen) atoms. The van der Waals surface area contributed by atoms with Crippen LogP contribution in [0.4, 0.5) is 4.39 Å². The molecule has 1 rings (SSSR count). The van der Waals surface area contributed by atoms with Crippen molar-refractivity contribution < 1.29 is 13.5 Å². The quantitative estimate of drug-likeness (QED) is 0.698. The number of halogens is 2. The Bertz CT molecular complexity index is 306. The molecule has 1 aromatic carbocycles. The Kier molecular flexibility index (Phi) is 2.76. The van der Waals surface area contributed by atoms with Crippen LogP contribution < -0.4 is 4.52 Å². The summed E-state index contributed by atoms with van der Waals surface area (Å²) in [6.45, 7) is -1.78. The van der Waals surface area contributed by atoms with Gasteiger partial charge in [-0.25, -0.2) is 4.39 Å². The number of hydrogen-bond donors (Lipinski definition) is 0. The number of benzene rings is 1. The Labute approximate surface area is 74.5 Å². The third kappa shape index (κ3) is 3.24. The molecule has 0 bridgehead atoms. The third-order valence-corrected chi connectivity index (χ3v) is 1.83. The summed E-state index contributed by atoms with van der Waals surface area (Å²) in [5.41, 5.74) is 0. The van der Waals surface area contributed by atoms with Crippen LogP contribution in [0, 0.1) is 5.82 Å². The Morgan fingerprint density at radius 1 is 1.42 bits per heavy atom. The van der Waals surface area contributed by atoms with Gasteiger partial charge in [0.2, 0.25) is 0 Å². The number of hydrogen-bond acceptors (Lipinski definition) is 2. The van der Waals surface area contributed by atoms with Gasteiger partial charge in [0, 0.05) is 6.66 Å². The van der Waals surface area contributed by atoms with E-state index in [1.807, 2.05) is 0 Å². The van der Waals surface area contributed by atoms with Gasteiger partial charge in [0.1, 0.15) is 11.6 Å². The Morgan fingerprint density at radius 3 is 2.33 bits per heavy atom.